The fourth-order valence-corrected chi connectivity index (χ4v) is 2.80. The lowest BCUT2D eigenvalue weighted by atomic mass is 9.73. The molecule has 0 saturated heterocycles. The van der Waals surface area contributed by atoms with Gasteiger partial charge in [0, 0.05) is 0 Å². The molecule has 0 heterocycles. The van der Waals surface area contributed by atoms with Gasteiger partial charge in [-0.1, -0.05) is 24.3 Å². The summed E-state index contributed by atoms with van der Waals surface area (Å²) in [5, 5.41) is 0. The van der Waals surface area contributed by atoms with Crippen LogP contribution in [0.3, 0.4) is 0 Å². The Bertz CT molecular complexity index is 841. The lowest BCUT2D eigenvalue weighted by Gasteiger charge is -2.38. The van der Waals surface area contributed by atoms with Crippen molar-refractivity contribution in [2.24, 2.45) is 0 Å². The van der Waals surface area contributed by atoms with Gasteiger partial charge in [0.1, 0.15) is 11.5 Å². The van der Waals surface area contributed by atoms with Gasteiger partial charge < -0.3 is 18.9 Å². The summed E-state index contributed by atoms with van der Waals surface area (Å²) in [6.07, 6.45) is -14.0. The average Bonchev–Trinajstić information content (AvgIpc) is 2.68. The van der Waals surface area contributed by atoms with E-state index in [1.807, 2.05) is 0 Å². The van der Waals surface area contributed by atoms with Gasteiger partial charge in [0.15, 0.2) is 0 Å². The molecule has 0 aliphatic rings. The number of hydrogen-bond donors (Lipinski definition) is 0. The molecule has 6 nitrogen and oxygen atoms in total. The summed E-state index contributed by atoms with van der Waals surface area (Å²) in [6.45, 7) is 0. The molecule has 2 aromatic carbocycles. The monoisotopic (exact) mass is 452 g/mol. The van der Waals surface area contributed by atoms with E-state index in [9.17, 15) is 35.9 Å². The van der Waals surface area contributed by atoms with Crippen LogP contribution in [0.1, 0.15) is 11.1 Å². The zero-order valence-corrected chi connectivity index (χ0v) is 15.8. The Morgan fingerprint density at radius 1 is 0.613 bits per heavy atom. The van der Waals surface area contributed by atoms with Crippen LogP contribution in [-0.4, -0.2) is 38.9 Å². The molecule has 12 heteroatoms. The van der Waals surface area contributed by atoms with Crippen LogP contribution in [-0.2, 0) is 14.9 Å². The van der Waals surface area contributed by atoms with E-state index in [1.54, 1.807) is 0 Å². The minimum absolute atomic E-state index is 0.323. The van der Waals surface area contributed by atoms with Crippen LogP contribution in [0.2, 0.25) is 0 Å². The van der Waals surface area contributed by atoms with E-state index >= 15 is 0 Å². The molecule has 0 bridgehead atoms. The zero-order chi connectivity index (χ0) is 23.4. The third kappa shape index (κ3) is 4.67. The number of halogens is 6. The van der Waals surface area contributed by atoms with Gasteiger partial charge in [-0.15, -0.1) is 0 Å². The highest BCUT2D eigenvalue weighted by molar-refractivity contribution is 5.64. The SMILES string of the molecule is COC(=O)Oc1ccc(C(c2ccc(OC(=O)OC)cc2)(C(F)(F)F)C(F)(F)F)cc1. The van der Waals surface area contributed by atoms with Crippen LogP contribution < -0.4 is 9.47 Å². The maximum atomic E-state index is 14.0. The molecule has 0 aliphatic heterocycles. The van der Waals surface area contributed by atoms with Crippen molar-refractivity contribution in [2.45, 2.75) is 17.8 Å². The molecular formula is C19H14F6O6. The Morgan fingerprint density at radius 3 is 1.13 bits per heavy atom. The molecular weight excluding hydrogens is 438 g/mol. The molecule has 2 rings (SSSR count). The lowest BCUT2D eigenvalue weighted by Crippen LogP contribution is -2.54. The van der Waals surface area contributed by atoms with Crippen LogP contribution in [0.5, 0.6) is 11.5 Å². The summed E-state index contributed by atoms with van der Waals surface area (Å²) in [7, 11) is 1.95. The minimum Gasteiger partial charge on any atom is -0.437 e. The fraction of sp³-hybridized carbons (Fsp3) is 0.263. The number of rotatable bonds is 4. The summed E-state index contributed by atoms with van der Waals surface area (Å²) in [4.78, 5) is 22.2. The van der Waals surface area contributed by atoms with Gasteiger partial charge in [-0.3, -0.25) is 0 Å². The van der Waals surface area contributed by atoms with Crippen molar-refractivity contribution in [3.63, 3.8) is 0 Å². The molecule has 0 aliphatic carbocycles. The van der Waals surface area contributed by atoms with Gasteiger partial charge in [-0.2, -0.15) is 26.3 Å². The molecule has 0 N–H and O–H groups in total. The third-order valence-corrected chi connectivity index (χ3v) is 4.16. The standard InChI is InChI=1S/C19H14F6O6/c1-28-15(26)30-13-7-3-11(4-8-13)17(18(20,21)22,19(23,24)25)12-5-9-14(10-6-12)31-16(27)29-2/h3-10H,1-2H3. The number of methoxy groups -OCH3 is 2. The van der Waals surface area contributed by atoms with E-state index in [-0.39, 0.29) is 11.5 Å². The highest BCUT2D eigenvalue weighted by Gasteiger charge is 2.72. The van der Waals surface area contributed by atoms with E-state index in [2.05, 4.69) is 18.9 Å². The smallest absolute Gasteiger partial charge is 0.437 e. The van der Waals surface area contributed by atoms with Crippen LogP contribution >= 0.6 is 0 Å². The first kappa shape index (κ1) is 23.8. The Balaban J connectivity index is 2.63. The Morgan fingerprint density at radius 2 is 0.903 bits per heavy atom. The average molecular weight is 452 g/mol. The number of ether oxygens (including phenoxy) is 4. The number of alkyl halides is 6. The number of carbonyl (C=O) groups excluding carboxylic acids is 2. The van der Waals surface area contributed by atoms with E-state index in [4.69, 9.17) is 0 Å². The summed E-state index contributed by atoms with van der Waals surface area (Å²) in [6, 6.07) is 5.24. The zero-order valence-electron chi connectivity index (χ0n) is 15.8. The molecule has 0 saturated carbocycles. The first-order valence-corrected chi connectivity index (χ1v) is 8.23. The van der Waals surface area contributed by atoms with E-state index in [1.165, 1.54) is 0 Å². The van der Waals surface area contributed by atoms with Crippen molar-refractivity contribution in [3.05, 3.63) is 59.7 Å². The van der Waals surface area contributed by atoms with Crippen molar-refractivity contribution >= 4 is 12.3 Å². The van der Waals surface area contributed by atoms with Crippen molar-refractivity contribution in [1.29, 1.82) is 0 Å². The highest BCUT2D eigenvalue weighted by Crippen LogP contribution is 2.56. The second-order valence-electron chi connectivity index (χ2n) is 5.91. The molecule has 0 fully saturated rings. The maximum Gasteiger partial charge on any atom is 0.513 e. The number of hydrogen-bond acceptors (Lipinski definition) is 6. The second kappa shape index (κ2) is 8.74. The van der Waals surface area contributed by atoms with E-state index < -0.39 is 41.2 Å². The fourth-order valence-electron chi connectivity index (χ4n) is 2.80. The van der Waals surface area contributed by atoms with Crippen molar-refractivity contribution < 1.29 is 54.9 Å². The molecule has 0 atom stereocenters. The Kier molecular flexibility index (Phi) is 6.72. The molecule has 0 unspecified atom stereocenters. The number of carbonyl (C=O) groups is 2. The molecule has 0 amide bonds. The van der Waals surface area contributed by atoms with Gasteiger partial charge in [0.2, 0.25) is 5.41 Å². The van der Waals surface area contributed by atoms with Crippen molar-refractivity contribution in [2.75, 3.05) is 14.2 Å². The van der Waals surface area contributed by atoms with Gasteiger partial charge in [0.05, 0.1) is 14.2 Å². The topological polar surface area (TPSA) is 71.1 Å². The van der Waals surface area contributed by atoms with Gasteiger partial charge in [0.25, 0.3) is 0 Å². The van der Waals surface area contributed by atoms with Crippen LogP contribution in [0.4, 0.5) is 35.9 Å². The molecule has 0 aromatic heterocycles. The van der Waals surface area contributed by atoms with Crippen LogP contribution in [0.25, 0.3) is 0 Å². The lowest BCUT2D eigenvalue weighted by molar-refractivity contribution is -0.288. The van der Waals surface area contributed by atoms with Gasteiger partial charge in [-0.25, -0.2) is 9.59 Å². The minimum atomic E-state index is -5.82. The van der Waals surface area contributed by atoms with Gasteiger partial charge in [-0.05, 0) is 35.4 Å². The summed E-state index contributed by atoms with van der Waals surface area (Å²) in [5.74, 6) is -0.647. The Hall–Kier alpha value is -3.44. The van der Waals surface area contributed by atoms with E-state index in [0.717, 1.165) is 38.5 Å². The third-order valence-electron chi connectivity index (χ3n) is 4.16. The van der Waals surface area contributed by atoms with Crippen molar-refractivity contribution in [1.82, 2.24) is 0 Å². The molecule has 0 radical (unpaired) electrons. The second-order valence-corrected chi connectivity index (χ2v) is 5.91. The summed E-state index contributed by atoms with van der Waals surface area (Å²) < 4.78 is 102. The predicted molar refractivity (Wildman–Crippen MR) is 91.8 cm³/mol. The molecule has 0 spiro atoms. The Labute approximate surface area is 171 Å². The normalized spacial score (nSPS) is 12.1. The van der Waals surface area contributed by atoms with Gasteiger partial charge >= 0.3 is 24.7 Å². The van der Waals surface area contributed by atoms with Crippen LogP contribution in [0, 0.1) is 0 Å². The quantitative estimate of drug-likeness (QED) is 0.352. The van der Waals surface area contributed by atoms with E-state index in [0.29, 0.717) is 24.3 Å². The first-order chi connectivity index (χ1) is 14.4. The molecule has 2 aromatic rings. The number of benzene rings is 2. The summed E-state index contributed by atoms with van der Waals surface area (Å²) in [5.41, 5.74) is -6.77. The predicted octanol–water partition coefficient (Wildman–Crippen LogP) is 5.39. The van der Waals surface area contributed by atoms with Crippen LogP contribution in [0.15, 0.2) is 48.5 Å². The highest BCUT2D eigenvalue weighted by atomic mass is 19.4. The first-order valence-electron chi connectivity index (χ1n) is 8.23. The molecule has 168 valence electrons. The summed E-state index contributed by atoms with van der Waals surface area (Å²) >= 11 is 0. The molecule has 31 heavy (non-hydrogen) atoms. The largest absolute Gasteiger partial charge is 0.513 e. The van der Waals surface area contributed by atoms with Crippen molar-refractivity contribution in [3.8, 4) is 11.5 Å². The maximum absolute atomic E-state index is 14.0.